The molecule has 0 spiro atoms. The van der Waals surface area contributed by atoms with E-state index in [0.29, 0.717) is 12.3 Å². The largest absolute Gasteiger partial charge is 0.478 e. The Hall–Kier alpha value is -3.79. The van der Waals surface area contributed by atoms with Crippen LogP contribution in [0.4, 0.5) is 5.69 Å². The summed E-state index contributed by atoms with van der Waals surface area (Å²) in [5.41, 5.74) is 2.31. The zero-order chi connectivity index (χ0) is 19.9. The first-order valence-electron chi connectivity index (χ1n) is 8.81. The van der Waals surface area contributed by atoms with Gasteiger partial charge in [-0.05, 0) is 58.8 Å². The predicted octanol–water partition coefficient (Wildman–Crippen LogP) is 5.78. The van der Waals surface area contributed by atoms with Crippen molar-refractivity contribution in [3.8, 4) is 5.75 Å². The van der Waals surface area contributed by atoms with E-state index in [1.165, 1.54) is 0 Å². The topological polar surface area (TPSA) is 58.6 Å². The summed E-state index contributed by atoms with van der Waals surface area (Å²) in [6, 6.07) is 18.8. The molecule has 3 aromatic carbocycles. The molecular formula is C24H21NO3. The summed E-state index contributed by atoms with van der Waals surface area (Å²) >= 11 is 0. The van der Waals surface area contributed by atoms with Crippen LogP contribution < -0.4 is 10.1 Å². The molecule has 0 bridgehead atoms. The van der Waals surface area contributed by atoms with Crippen LogP contribution in [0.5, 0.6) is 5.75 Å². The molecular weight excluding hydrogens is 350 g/mol. The molecule has 0 saturated carbocycles. The van der Waals surface area contributed by atoms with Crippen LogP contribution in [0.25, 0.3) is 10.8 Å². The number of nitrogens with one attached hydrogen (secondary N) is 1. The highest BCUT2D eigenvalue weighted by atomic mass is 16.5. The number of rotatable bonds is 8. The summed E-state index contributed by atoms with van der Waals surface area (Å²) in [5.74, 6) is 0.340. The Balaban J connectivity index is 1.68. The SMILES string of the molecule is C=C/C=C\C(=C)Oc1cccc(CNc2ccc3cc(C(=O)O)ccc3c2)c1. The molecule has 3 rings (SSSR count). The van der Waals surface area contributed by atoms with Crippen LogP contribution >= 0.6 is 0 Å². The minimum absolute atomic E-state index is 0.287. The Kier molecular flexibility index (Phi) is 5.92. The van der Waals surface area contributed by atoms with Crippen LogP contribution in [-0.2, 0) is 6.54 Å². The van der Waals surface area contributed by atoms with Crippen molar-refractivity contribution in [2.24, 2.45) is 0 Å². The first-order valence-corrected chi connectivity index (χ1v) is 8.81. The molecule has 2 N–H and O–H groups in total. The minimum atomic E-state index is -0.922. The maximum atomic E-state index is 11.1. The maximum Gasteiger partial charge on any atom is 0.335 e. The van der Waals surface area contributed by atoms with Gasteiger partial charge in [0, 0.05) is 12.2 Å². The number of hydrogen-bond donors (Lipinski definition) is 2. The van der Waals surface area contributed by atoms with Gasteiger partial charge in [-0.1, -0.05) is 49.6 Å². The zero-order valence-electron chi connectivity index (χ0n) is 15.4. The summed E-state index contributed by atoms with van der Waals surface area (Å²) < 4.78 is 5.69. The van der Waals surface area contributed by atoms with Crippen molar-refractivity contribution in [1.29, 1.82) is 0 Å². The lowest BCUT2D eigenvalue weighted by Crippen LogP contribution is -2.00. The van der Waals surface area contributed by atoms with Crippen molar-refractivity contribution in [2.45, 2.75) is 6.54 Å². The lowest BCUT2D eigenvalue weighted by atomic mass is 10.1. The second-order valence-corrected chi connectivity index (χ2v) is 6.25. The number of fused-ring (bicyclic) bond motifs is 1. The fourth-order valence-electron chi connectivity index (χ4n) is 2.77. The summed E-state index contributed by atoms with van der Waals surface area (Å²) in [5, 5.41) is 14.4. The average molecular weight is 371 g/mol. The number of hydrogen-bond acceptors (Lipinski definition) is 3. The van der Waals surface area contributed by atoms with Gasteiger partial charge in [-0.3, -0.25) is 0 Å². The Morgan fingerprint density at radius 1 is 1.07 bits per heavy atom. The summed E-state index contributed by atoms with van der Waals surface area (Å²) in [4.78, 5) is 11.1. The van der Waals surface area contributed by atoms with Crippen LogP contribution in [-0.4, -0.2) is 11.1 Å². The molecule has 3 aromatic rings. The van der Waals surface area contributed by atoms with E-state index in [9.17, 15) is 4.79 Å². The van der Waals surface area contributed by atoms with E-state index in [1.807, 2.05) is 48.5 Å². The molecule has 0 amide bonds. The monoisotopic (exact) mass is 371 g/mol. The molecule has 4 nitrogen and oxygen atoms in total. The molecule has 0 saturated heterocycles. The van der Waals surface area contributed by atoms with Gasteiger partial charge in [0.25, 0.3) is 0 Å². The summed E-state index contributed by atoms with van der Waals surface area (Å²) in [7, 11) is 0. The molecule has 0 aliphatic heterocycles. The Labute approximate surface area is 164 Å². The number of carboxylic acids is 1. The highest BCUT2D eigenvalue weighted by Gasteiger charge is 2.04. The molecule has 140 valence electrons. The van der Waals surface area contributed by atoms with Crippen molar-refractivity contribution in [3.63, 3.8) is 0 Å². The number of ether oxygens (including phenoxy) is 1. The van der Waals surface area contributed by atoms with E-state index in [4.69, 9.17) is 9.84 Å². The Morgan fingerprint density at radius 2 is 1.86 bits per heavy atom. The molecule has 0 atom stereocenters. The second-order valence-electron chi connectivity index (χ2n) is 6.25. The molecule has 0 aliphatic rings. The molecule has 0 heterocycles. The maximum absolute atomic E-state index is 11.1. The minimum Gasteiger partial charge on any atom is -0.478 e. The van der Waals surface area contributed by atoms with Gasteiger partial charge in [0.2, 0.25) is 0 Å². The number of carboxylic acid groups (broad SMARTS) is 1. The van der Waals surface area contributed by atoms with E-state index >= 15 is 0 Å². The molecule has 0 aliphatic carbocycles. The van der Waals surface area contributed by atoms with E-state index in [1.54, 1.807) is 30.4 Å². The summed E-state index contributed by atoms with van der Waals surface area (Å²) in [6.07, 6.45) is 5.19. The molecule has 0 aromatic heterocycles. The third-order valence-corrected chi connectivity index (χ3v) is 4.15. The first kappa shape index (κ1) is 19.0. The van der Waals surface area contributed by atoms with Crippen LogP contribution in [0.2, 0.25) is 0 Å². The van der Waals surface area contributed by atoms with Gasteiger partial charge < -0.3 is 15.2 Å². The number of carbonyl (C=O) groups is 1. The Bertz CT molecular complexity index is 1070. The van der Waals surface area contributed by atoms with Crippen LogP contribution in [0.1, 0.15) is 15.9 Å². The highest BCUT2D eigenvalue weighted by Crippen LogP contribution is 2.22. The highest BCUT2D eigenvalue weighted by molar-refractivity contribution is 5.95. The fraction of sp³-hybridized carbons (Fsp3) is 0.0417. The second kappa shape index (κ2) is 8.73. The van der Waals surface area contributed by atoms with Gasteiger partial charge in [-0.2, -0.15) is 0 Å². The number of benzene rings is 3. The van der Waals surface area contributed by atoms with E-state index < -0.39 is 5.97 Å². The molecule has 4 heteroatoms. The normalized spacial score (nSPS) is 10.7. The predicted molar refractivity (Wildman–Crippen MR) is 114 cm³/mol. The van der Waals surface area contributed by atoms with E-state index in [2.05, 4.69) is 18.5 Å². The smallest absolute Gasteiger partial charge is 0.335 e. The van der Waals surface area contributed by atoms with Crippen molar-refractivity contribution in [1.82, 2.24) is 0 Å². The summed E-state index contributed by atoms with van der Waals surface area (Å²) in [6.45, 7) is 8.10. The quantitative estimate of drug-likeness (QED) is 0.389. The third kappa shape index (κ3) is 4.89. The molecule has 0 fully saturated rings. The molecule has 28 heavy (non-hydrogen) atoms. The molecule has 0 radical (unpaired) electrons. The lowest BCUT2D eigenvalue weighted by Gasteiger charge is -2.10. The van der Waals surface area contributed by atoms with Gasteiger partial charge in [-0.15, -0.1) is 0 Å². The first-order chi connectivity index (χ1) is 13.5. The number of anilines is 1. The van der Waals surface area contributed by atoms with Gasteiger partial charge in [0.05, 0.1) is 5.56 Å². The van der Waals surface area contributed by atoms with Gasteiger partial charge in [0.15, 0.2) is 0 Å². The van der Waals surface area contributed by atoms with Gasteiger partial charge in [0.1, 0.15) is 11.5 Å². The third-order valence-electron chi connectivity index (χ3n) is 4.15. The van der Waals surface area contributed by atoms with Crippen molar-refractivity contribution >= 4 is 22.4 Å². The van der Waals surface area contributed by atoms with Crippen LogP contribution in [0.15, 0.2) is 97.8 Å². The van der Waals surface area contributed by atoms with Crippen molar-refractivity contribution in [2.75, 3.05) is 5.32 Å². The fourth-order valence-corrected chi connectivity index (χ4v) is 2.77. The standard InChI is InChI=1S/C24H21NO3/c1-3-4-6-17(2)28-23-8-5-7-18(13-23)16-25-22-12-11-19-14-21(24(26)27)10-9-20(19)15-22/h3-15,25H,1-2,16H2,(H,26,27)/b6-4-. The molecule has 0 unspecified atom stereocenters. The average Bonchev–Trinajstić information content (AvgIpc) is 2.70. The zero-order valence-corrected chi connectivity index (χ0v) is 15.4. The van der Waals surface area contributed by atoms with Crippen molar-refractivity contribution < 1.29 is 14.6 Å². The van der Waals surface area contributed by atoms with Crippen LogP contribution in [0.3, 0.4) is 0 Å². The van der Waals surface area contributed by atoms with E-state index in [-0.39, 0.29) is 5.56 Å². The number of allylic oxidation sites excluding steroid dienone is 3. The van der Waals surface area contributed by atoms with Crippen LogP contribution in [0, 0.1) is 0 Å². The number of aromatic carboxylic acids is 1. The van der Waals surface area contributed by atoms with Gasteiger partial charge >= 0.3 is 5.97 Å². The van der Waals surface area contributed by atoms with Crippen molar-refractivity contribution in [3.05, 3.63) is 109 Å². The Morgan fingerprint density at radius 3 is 2.64 bits per heavy atom. The van der Waals surface area contributed by atoms with Gasteiger partial charge in [-0.25, -0.2) is 4.79 Å². The lowest BCUT2D eigenvalue weighted by molar-refractivity contribution is 0.0697. The van der Waals surface area contributed by atoms with E-state index in [0.717, 1.165) is 27.8 Å².